The van der Waals surface area contributed by atoms with Crippen molar-refractivity contribution in [2.24, 2.45) is 5.92 Å². The Morgan fingerprint density at radius 1 is 1.23 bits per heavy atom. The first kappa shape index (κ1) is 23.3. The zero-order valence-corrected chi connectivity index (χ0v) is 17.0. The highest BCUT2D eigenvalue weighted by atomic mass is 16.5. The molecule has 0 aliphatic heterocycles. The first-order valence-corrected chi connectivity index (χ1v) is 9.90. The normalized spacial score (nSPS) is 18.1. The Balaban J connectivity index is 1.75. The van der Waals surface area contributed by atoms with Crippen molar-refractivity contribution in [1.82, 2.24) is 10.6 Å². The van der Waals surface area contributed by atoms with Gasteiger partial charge in [0.05, 0.1) is 19.6 Å². The van der Waals surface area contributed by atoms with Crippen molar-refractivity contribution in [3.63, 3.8) is 0 Å². The second-order valence-corrected chi connectivity index (χ2v) is 7.26. The predicted molar refractivity (Wildman–Crippen MR) is 106 cm³/mol. The van der Waals surface area contributed by atoms with E-state index in [1.54, 1.807) is 0 Å². The van der Waals surface area contributed by atoms with Gasteiger partial charge >= 0.3 is 12.1 Å². The zero-order valence-electron chi connectivity index (χ0n) is 17.0. The molecule has 0 saturated heterocycles. The molecule has 164 valence electrons. The number of amides is 2. The van der Waals surface area contributed by atoms with Gasteiger partial charge < -0.3 is 25.2 Å². The molecule has 0 unspecified atom stereocenters. The van der Waals surface area contributed by atoms with E-state index in [4.69, 9.17) is 9.47 Å². The summed E-state index contributed by atoms with van der Waals surface area (Å²) in [6.45, 7) is -0.101. The summed E-state index contributed by atoms with van der Waals surface area (Å²) in [5.74, 6) is -1.48. The summed E-state index contributed by atoms with van der Waals surface area (Å²) < 4.78 is 9.78. The molecule has 0 heterocycles. The van der Waals surface area contributed by atoms with E-state index in [2.05, 4.69) is 10.6 Å². The summed E-state index contributed by atoms with van der Waals surface area (Å²) in [4.78, 5) is 47.7. The highest BCUT2D eigenvalue weighted by molar-refractivity contribution is 5.86. The number of aliphatic hydroxyl groups is 1. The third-order valence-corrected chi connectivity index (χ3v) is 4.88. The van der Waals surface area contributed by atoms with Crippen LogP contribution in [0.3, 0.4) is 0 Å². The number of alkyl carbamates (subject to hydrolysis) is 1. The highest BCUT2D eigenvalue weighted by Crippen LogP contribution is 2.25. The molecule has 1 aliphatic rings. The van der Waals surface area contributed by atoms with Crippen molar-refractivity contribution in [3.8, 4) is 0 Å². The van der Waals surface area contributed by atoms with Gasteiger partial charge in [0.2, 0.25) is 5.91 Å². The number of nitrogens with one attached hydrogen (secondary N) is 2. The Morgan fingerprint density at radius 3 is 2.63 bits per heavy atom. The molecular formula is C21H28N2O7. The second-order valence-electron chi connectivity index (χ2n) is 7.26. The number of benzene rings is 1. The van der Waals surface area contributed by atoms with Gasteiger partial charge in [-0.3, -0.25) is 9.59 Å². The number of carbonyl (C=O) groups is 4. The van der Waals surface area contributed by atoms with Crippen LogP contribution in [0.25, 0.3) is 0 Å². The Bertz CT molecular complexity index is 738. The minimum Gasteiger partial charge on any atom is -0.467 e. The molecule has 0 spiro atoms. The summed E-state index contributed by atoms with van der Waals surface area (Å²) in [7, 11) is 1.21. The number of rotatable bonds is 9. The lowest BCUT2D eigenvalue weighted by Crippen LogP contribution is -2.49. The van der Waals surface area contributed by atoms with Crippen molar-refractivity contribution < 1.29 is 33.8 Å². The summed E-state index contributed by atoms with van der Waals surface area (Å²) in [6.07, 6.45) is -0.242. The Morgan fingerprint density at radius 2 is 1.97 bits per heavy atom. The predicted octanol–water partition coefficient (Wildman–Crippen LogP) is 1.08. The molecule has 0 bridgehead atoms. The first-order valence-electron chi connectivity index (χ1n) is 9.90. The van der Waals surface area contributed by atoms with Crippen LogP contribution in [0.5, 0.6) is 0 Å². The average Bonchev–Trinajstić information content (AvgIpc) is 2.74. The van der Waals surface area contributed by atoms with Crippen molar-refractivity contribution in [2.75, 3.05) is 13.7 Å². The Labute approximate surface area is 175 Å². The molecule has 0 aromatic heterocycles. The molecule has 2 rings (SSSR count). The van der Waals surface area contributed by atoms with Crippen LogP contribution in [0.4, 0.5) is 4.79 Å². The molecule has 30 heavy (non-hydrogen) atoms. The first-order chi connectivity index (χ1) is 14.4. The number of hydrogen-bond donors (Lipinski definition) is 3. The minimum absolute atomic E-state index is 0.0488. The van der Waals surface area contributed by atoms with Crippen LogP contribution in [-0.4, -0.2) is 54.7 Å². The Kier molecular flexibility index (Phi) is 9.27. The molecule has 2 amide bonds. The second kappa shape index (κ2) is 11.9. The number of Topliss-reactive ketones (excluding diaryl/α,β-unsaturated/α-hetero) is 1. The molecule has 1 aliphatic carbocycles. The topological polar surface area (TPSA) is 131 Å². The fraction of sp³-hybridized carbons (Fsp3) is 0.524. The van der Waals surface area contributed by atoms with Gasteiger partial charge in [-0.2, -0.15) is 0 Å². The van der Waals surface area contributed by atoms with Crippen LogP contribution in [0.15, 0.2) is 30.3 Å². The quantitative estimate of drug-likeness (QED) is 0.510. The number of carbonyl (C=O) groups excluding carboxylic acids is 4. The van der Waals surface area contributed by atoms with Crippen LogP contribution >= 0.6 is 0 Å². The average molecular weight is 420 g/mol. The molecule has 9 heteroatoms. The van der Waals surface area contributed by atoms with E-state index in [-0.39, 0.29) is 37.7 Å². The lowest BCUT2D eigenvalue weighted by molar-refractivity contribution is -0.147. The molecule has 9 nitrogen and oxygen atoms in total. The standard InChI is InChI=1S/C21H28N2O7/c1-29-20(27)19(15-8-5-9-16(24)10-15)23-18(26)11-17(25)12-22-21(28)30-13-14-6-3-2-4-7-14/h2-4,6-7,15,17,19,25H,5,8-13H2,1H3,(H,22,28)(H,23,26)/t15-,17+,19-/m1/s1. The van der Waals surface area contributed by atoms with Gasteiger partial charge in [0.15, 0.2) is 0 Å². The van der Waals surface area contributed by atoms with Crippen molar-refractivity contribution in [3.05, 3.63) is 35.9 Å². The van der Waals surface area contributed by atoms with Crippen LogP contribution in [0.1, 0.15) is 37.7 Å². The van der Waals surface area contributed by atoms with Crippen LogP contribution in [-0.2, 0) is 30.5 Å². The molecule has 1 aromatic rings. The third-order valence-electron chi connectivity index (χ3n) is 4.88. The van der Waals surface area contributed by atoms with E-state index in [0.717, 1.165) is 5.56 Å². The van der Waals surface area contributed by atoms with Crippen LogP contribution in [0.2, 0.25) is 0 Å². The van der Waals surface area contributed by atoms with Gasteiger partial charge in [-0.05, 0) is 24.3 Å². The largest absolute Gasteiger partial charge is 0.467 e. The molecular weight excluding hydrogens is 392 g/mol. The van der Waals surface area contributed by atoms with Gasteiger partial charge in [-0.15, -0.1) is 0 Å². The molecule has 1 aromatic carbocycles. The van der Waals surface area contributed by atoms with Crippen LogP contribution < -0.4 is 10.6 Å². The highest BCUT2D eigenvalue weighted by Gasteiger charge is 2.34. The number of methoxy groups -OCH3 is 1. The van der Waals surface area contributed by atoms with E-state index in [1.165, 1.54) is 7.11 Å². The number of aliphatic hydroxyl groups excluding tert-OH is 1. The number of esters is 1. The molecule has 1 fully saturated rings. The van der Waals surface area contributed by atoms with Gasteiger partial charge in [0.1, 0.15) is 18.4 Å². The summed E-state index contributed by atoms with van der Waals surface area (Å²) in [5.41, 5.74) is 0.822. The smallest absolute Gasteiger partial charge is 0.407 e. The van der Waals surface area contributed by atoms with Gasteiger partial charge in [0.25, 0.3) is 0 Å². The zero-order chi connectivity index (χ0) is 21.9. The number of ketones is 1. The van der Waals surface area contributed by atoms with Crippen LogP contribution in [0, 0.1) is 5.92 Å². The van der Waals surface area contributed by atoms with Gasteiger partial charge in [-0.25, -0.2) is 9.59 Å². The Hall–Kier alpha value is -2.94. The van der Waals surface area contributed by atoms with Crippen molar-refractivity contribution in [2.45, 2.75) is 50.9 Å². The van der Waals surface area contributed by atoms with Crippen molar-refractivity contribution in [1.29, 1.82) is 0 Å². The maximum Gasteiger partial charge on any atom is 0.407 e. The SMILES string of the molecule is COC(=O)[C@H](NC(=O)C[C@H](O)CNC(=O)OCc1ccccc1)[C@@H]1CCCC(=O)C1. The molecule has 0 radical (unpaired) electrons. The molecule has 3 atom stereocenters. The fourth-order valence-electron chi connectivity index (χ4n) is 3.33. The van der Waals surface area contributed by atoms with E-state index < -0.39 is 30.1 Å². The number of ether oxygens (including phenoxy) is 2. The van der Waals surface area contributed by atoms with Gasteiger partial charge in [-0.1, -0.05) is 30.3 Å². The lowest BCUT2D eigenvalue weighted by Gasteiger charge is -2.28. The van der Waals surface area contributed by atoms with E-state index >= 15 is 0 Å². The summed E-state index contributed by atoms with van der Waals surface area (Å²) >= 11 is 0. The third kappa shape index (κ3) is 7.82. The maximum atomic E-state index is 12.3. The molecule has 1 saturated carbocycles. The van der Waals surface area contributed by atoms with Gasteiger partial charge in [0, 0.05) is 19.4 Å². The fourth-order valence-corrected chi connectivity index (χ4v) is 3.33. The number of hydrogen-bond acceptors (Lipinski definition) is 7. The van der Waals surface area contributed by atoms with E-state index in [9.17, 15) is 24.3 Å². The summed E-state index contributed by atoms with van der Waals surface area (Å²) in [6, 6.07) is 8.17. The minimum atomic E-state index is -1.17. The summed E-state index contributed by atoms with van der Waals surface area (Å²) in [5, 5.41) is 15.0. The lowest BCUT2D eigenvalue weighted by atomic mass is 9.83. The maximum absolute atomic E-state index is 12.3. The van der Waals surface area contributed by atoms with E-state index in [0.29, 0.717) is 19.3 Å². The van der Waals surface area contributed by atoms with Crippen molar-refractivity contribution >= 4 is 23.8 Å². The monoisotopic (exact) mass is 420 g/mol. The molecule has 3 N–H and O–H groups in total. The van der Waals surface area contributed by atoms with E-state index in [1.807, 2.05) is 30.3 Å².